The van der Waals surface area contributed by atoms with E-state index >= 15 is 0 Å². The molecule has 1 saturated heterocycles. The number of aromatic nitrogens is 1. The second-order valence-electron chi connectivity index (χ2n) is 5.84. The number of benzene rings is 1. The molecule has 1 aromatic heterocycles. The van der Waals surface area contributed by atoms with E-state index < -0.39 is 17.8 Å². The van der Waals surface area contributed by atoms with Crippen LogP contribution in [-0.4, -0.2) is 27.6 Å². The first kappa shape index (κ1) is 16.4. The molecule has 0 radical (unpaired) electrons. The third-order valence-corrected chi connectivity index (χ3v) is 4.94. The van der Waals surface area contributed by atoms with E-state index in [1.807, 2.05) is 17.2 Å². The standard InChI is InChI=1S/C16H17F3N2OS/c1-10-9-23-15(20-10)8-21-7-13(22)6-14(21)11-3-2-4-12(5-11)16(17,18)19/h2-5,9,13-14,22H,6-8H2,1H3. The Hall–Kier alpha value is -1.44. The Morgan fingerprint density at radius 2 is 2.17 bits per heavy atom. The highest BCUT2D eigenvalue weighted by atomic mass is 32.1. The zero-order valence-electron chi connectivity index (χ0n) is 12.5. The molecule has 124 valence electrons. The van der Waals surface area contributed by atoms with E-state index in [1.54, 1.807) is 6.07 Å². The minimum absolute atomic E-state index is 0.225. The summed E-state index contributed by atoms with van der Waals surface area (Å²) in [6, 6.07) is 5.15. The number of aryl methyl sites for hydroxylation is 1. The van der Waals surface area contributed by atoms with E-state index in [-0.39, 0.29) is 6.04 Å². The van der Waals surface area contributed by atoms with Crippen molar-refractivity contribution in [1.82, 2.24) is 9.88 Å². The van der Waals surface area contributed by atoms with Gasteiger partial charge in [0.15, 0.2) is 0 Å². The largest absolute Gasteiger partial charge is 0.416 e. The van der Waals surface area contributed by atoms with Crippen molar-refractivity contribution in [3.05, 3.63) is 51.5 Å². The number of β-amino-alcohol motifs (C(OH)–C–C–N with tert-alkyl or cyclic N) is 1. The maximum Gasteiger partial charge on any atom is 0.416 e. The maximum absolute atomic E-state index is 12.9. The van der Waals surface area contributed by atoms with Gasteiger partial charge in [-0.05, 0) is 31.0 Å². The number of aliphatic hydroxyl groups is 1. The zero-order valence-corrected chi connectivity index (χ0v) is 13.4. The lowest BCUT2D eigenvalue weighted by atomic mass is 10.0. The van der Waals surface area contributed by atoms with Gasteiger partial charge in [0.2, 0.25) is 0 Å². The Balaban J connectivity index is 1.84. The molecule has 2 unspecified atom stereocenters. The molecule has 1 fully saturated rings. The Kier molecular flexibility index (Phi) is 4.44. The minimum Gasteiger partial charge on any atom is -0.392 e. The minimum atomic E-state index is -4.36. The summed E-state index contributed by atoms with van der Waals surface area (Å²) >= 11 is 1.53. The van der Waals surface area contributed by atoms with Crippen LogP contribution in [0.15, 0.2) is 29.6 Å². The van der Waals surface area contributed by atoms with Gasteiger partial charge in [-0.15, -0.1) is 11.3 Å². The summed E-state index contributed by atoms with van der Waals surface area (Å²) in [5, 5.41) is 12.8. The van der Waals surface area contributed by atoms with Crippen molar-refractivity contribution in [2.75, 3.05) is 6.54 Å². The quantitative estimate of drug-likeness (QED) is 0.922. The van der Waals surface area contributed by atoms with Crippen LogP contribution in [0.25, 0.3) is 0 Å². The number of hydrogen-bond donors (Lipinski definition) is 1. The van der Waals surface area contributed by atoms with E-state index in [9.17, 15) is 18.3 Å². The van der Waals surface area contributed by atoms with E-state index in [0.717, 1.165) is 16.8 Å². The summed E-state index contributed by atoms with van der Waals surface area (Å²) in [7, 11) is 0. The van der Waals surface area contributed by atoms with Crippen molar-refractivity contribution in [1.29, 1.82) is 0 Å². The summed E-state index contributed by atoms with van der Waals surface area (Å²) in [6.07, 6.45) is -4.45. The smallest absolute Gasteiger partial charge is 0.392 e. The van der Waals surface area contributed by atoms with Gasteiger partial charge in [0, 0.05) is 23.7 Å². The highest BCUT2D eigenvalue weighted by molar-refractivity contribution is 7.09. The Bertz CT molecular complexity index is 686. The number of thiazole rings is 1. The molecule has 2 aromatic rings. The second kappa shape index (κ2) is 6.22. The molecule has 1 N–H and O–H groups in total. The molecule has 3 rings (SSSR count). The van der Waals surface area contributed by atoms with E-state index in [2.05, 4.69) is 4.98 Å². The van der Waals surface area contributed by atoms with Gasteiger partial charge in [-0.2, -0.15) is 13.2 Å². The van der Waals surface area contributed by atoms with Crippen LogP contribution < -0.4 is 0 Å². The van der Waals surface area contributed by atoms with Crippen LogP contribution in [0.3, 0.4) is 0 Å². The summed E-state index contributed by atoms with van der Waals surface area (Å²) in [4.78, 5) is 6.40. The van der Waals surface area contributed by atoms with E-state index in [1.165, 1.54) is 23.5 Å². The van der Waals surface area contributed by atoms with E-state index in [4.69, 9.17) is 0 Å². The Morgan fingerprint density at radius 1 is 1.39 bits per heavy atom. The number of alkyl halides is 3. The first-order valence-electron chi connectivity index (χ1n) is 7.33. The lowest BCUT2D eigenvalue weighted by Gasteiger charge is -2.24. The summed E-state index contributed by atoms with van der Waals surface area (Å²) in [5.41, 5.74) is 0.867. The Labute approximate surface area is 136 Å². The number of hydrogen-bond acceptors (Lipinski definition) is 4. The number of halogens is 3. The van der Waals surface area contributed by atoms with Crippen LogP contribution in [0.2, 0.25) is 0 Å². The molecular formula is C16H17F3N2OS. The molecular weight excluding hydrogens is 325 g/mol. The third-order valence-electron chi connectivity index (χ3n) is 3.99. The first-order valence-corrected chi connectivity index (χ1v) is 8.21. The van der Waals surface area contributed by atoms with Gasteiger partial charge in [-0.3, -0.25) is 4.90 Å². The normalized spacial score (nSPS) is 22.7. The van der Waals surface area contributed by atoms with Gasteiger partial charge in [0.25, 0.3) is 0 Å². The molecule has 2 heterocycles. The molecule has 2 atom stereocenters. The topological polar surface area (TPSA) is 36.4 Å². The SMILES string of the molecule is Cc1csc(CN2CC(O)CC2c2cccc(C(F)(F)F)c2)n1. The summed E-state index contributed by atoms with van der Waals surface area (Å²) in [5.74, 6) is 0. The molecule has 0 amide bonds. The Morgan fingerprint density at radius 3 is 2.83 bits per heavy atom. The van der Waals surface area contributed by atoms with Crippen molar-refractivity contribution in [3.8, 4) is 0 Å². The van der Waals surface area contributed by atoms with Crippen molar-refractivity contribution < 1.29 is 18.3 Å². The zero-order chi connectivity index (χ0) is 16.6. The van der Waals surface area contributed by atoms with Crippen LogP contribution in [-0.2, 0) is 12.7 Å². The highest BCUT2D eigenvalue weighted by Crippen LogP contribution is 2.37. The first-order chi connectivity index (χ1) is 10.8. The lowest BCUT2D eigenvalue weighted by molar-refractivity contribution is -0.137. The van der Waals surface area contributed by atoms with Gasteiger partial charge >= 0.3 is 6.18 Å². The molecule has 0 aliphatic carbocycles. The van der Waals surface area contributed by atoms with Crippen LogP contribution in [0.4, 0.5) is 13.2 Å². The van der Waals surface area contributed by atoms with Gasteiger partial charge in [0.05, 0.1) is 18.2 Å². The summed E-state index contributed by atoms with van der Waals surface area (Å²) in [6.45, 7) is 2.89. The molecule has 0 saturated carbocycles. The fraction of sp³-hybridized carbons (Fsp3) is 0.438. The van der Waals surface area contributed by atoms with E-state index in [0.29, 0.717) is 25.1 Å². The van der Waals surface area contributed by atoms with Crippen LogP contribution in [0.1, 0.15) is 34.3 Å². The van der Waals surface area contributed by atoms with Crippen molar-refractivity contribution >= 4 is 11.3 Å². The van der Waals surface area contributed by atoms with Gasteiger partial charge < -0.3 is 5.11 Å². The third kappa shape index (κ3) is 3.73. The van der Waals surface area contributed by atoms with Crippen LogP contribution >= 0.6 is 11.3 Å². The molecule has 1 aliphatic rings. The van der Waals surface area contributed by atoms with Gasteiger partial charge in [-0.1, -0.05) is 12.1 Å². The summed E-state index contributed by atoms with van der Waals surface area (Å²) < 4.78 is 38.7. The number of nitrogens with zero attached hydrogens (tertiary/aromatic N) is 2. The fourth-order valence-electron chi connectivity index (χ4n) is 2.97. The average molecular weight is 342 g/mol. The van der Waals surface area contributed by atoms with Crippen molar-refractivity contribution in [2.24, 2.45) is 0 Å². The number of rotatable bonds is 3. The highest BCUT2D eigenvalue weighted by Gasteiger charge is 2.35. The molecule has 0 spiro atoms. The average Bonchev–Trinajstić information content (AvgIpc) is 3.04. The molecule has 3 nitrogen and oxygen atoms in total. The van der Waals surface area contributed by atoms with Gasteiger partial charge in [-0.25, -0.2) is 4.98 Å². The van der Waals surface area contributed by atoms with Crippen LogP contribution in [0.5, 0.6) is 0 Å². The van der Waals surface area contributed by atoms with Gasteiger partial charge in [0.1, 0.15) is 5.01 Å². The predicted octanol–water partition coefficient (Wildman–Crippen LogP) is 3.78. The fourth-order valence-corrected chi connectivity index (χ4v) is 3.77. The van der Waals surface area contributed by atoms with Crippen molar-refractivity contribution in [3.63, 3.8) is 0 Å². The number of likely N-dealkylation sites (tertiary alicyclic amines) is 1. The number of aliphatic hydroxyl groups excluding tert-OH is 1. The maximum atomic E-state index is 12.9. The molecule has 23 heavy (non-hydrogen) atoms. The predicted molar refractivity (Wildman–Crippen MR) is 82.1 cm³/mol. The monoisotopic (exact) mass is 342 g/mol. The van der Waals surface area contributed by atoms with Crippen LogP contribution in [0, 0.1) is 6.92 Å². The molecule has 1 aromatic carbocycles. The molecule has 7 heteroatoms. The molecule has 0 bridgehead atoms. The van der Waals surface area contributed by atoms with Crippen molar-refractivity contribution in [2.45, 2.75) is 38.2 Å². The lowest BCUT2D eigenvalue weighted by Crippen LogP contribution is -2.24. The molecule has 1 aliphatic heterocycles. The second-order valence-corrected chi connectivity index (χ2v) is 6.78.